The molecule has 1 aromatic rings. The summed E-state index contributed by atoms with van der Waals surface area (Å²) in [5.41, 5.74) is 0.788. The van der Waals surface area contributed by atoms with Gasteiger partial charge in [0.1, 0.15) is 5.82 Å². The fraction of sp³-hybridized carbons (Fsp3) is 0.417. The van der Waals surface area contributed by atoms with Crippen molar-refractivity contribution in [3.05, 3.63) is 30.1 Å². The Kier molecular flexibility index (Phi) is 5.86. The molecule has 0 aliphatic carbocycles. The van der Waals surface area contributed by atoms with Crippen LogP contribution in [-0.2, 0) is 0 Å². The van der Waals surface area contributed by atoms with E-state index in [1.807, 2.05) is 14.1 Å². The van der Waals surface area contributed by atoms with Crippen molar-refractivity contribution in [1.29, 1.82) is 0 Å². The lowest BCUT2D eigenvalue weighted by molar-refractivity contribution is 0.400. The summed E-state index contributed by atoms with van der Waals surface area (Å²) in [6.07, 6.45) is 1.03. The third kappa shape index (κ3) is 6.19. The van der Waals surface area contributed by atoms with Crippen molar-refractivity contribution in [3.63, 3.8) is 0 Å². The van der Waals surface area contributed by atoms with Crippen molar-refractivity contribution in [2.75, 3.05) is 32.5 Å². The number of nitrogens with zero attached hydrogens (tertiary/aromatic N) is 1. The molecule has 0 fully saturated rings. The van der Waals surface area contributed by atoms with Crippen LogP contribution in [0.5, 0.6) is 0 Å². The van der Waals surface area contributed by atoms with Crippen LogP contribution in [-0.4, -0.2) is 37.2 Å². The lowest BCUT2D eigenvalue weighted by Gasteiger charge is -2.12. The molecule has 94 valence electrons. The Bertz CT molecular complexity index is 351. The highest BCUT2D eigenvalue weighted by Crippen LogP contribution is 2.07. The summed E-state index contributed by atoms with van der Waals surface area (Å²) in [6.45, 7) is 1.84. The van der Waals surface area contributed by atoms with Gasteiger partial charge < -0.3 is 15.5 Å². The van der Waals surface area contributed by atoms with Crippen molar-refractivity contribution in [2.45, 2.75) is 6.42 Å². The minimum Gasteiger partial charge on any atom is -0.362 e. The van der Waals surface area contributed by atoms with Gasteiger partial charge in [-0.05, 0) is 63.5 Å². The molecule has 0 saturated heterocycles. The Hall–Kier alpha value is -1.20. The zero-order valence-corrected chi connectivity index (χ0v) is 11.0. The van der Waals surface area contributed by atoms with Gasteiger partial charge in [0.15, 0.2) is 5.11 Å². The van der Waals surface area contributed by atoms with Gasteiger partial charge in [0, 0.05) is 12.2 Å². The van der Waals surface area contributed by atoms with Gasteiger partial charge in [0.25, 0.3) is 0 Å². The average Bonchev–Trinajstić information content (AvgIpc) is 2.27. The molecule has 5 heteroatoms. The van der Waals surface area contributed by atoms with Gasteiger partial charge in [-0.3, -0.25) is 0 Å². The van der Waals surface area contributed by atoms with Gasteiger partial charge in [-0.15, -0.1) is 0 Å². The van der Waals surface area contributed by atoms with Crippen LogP contribution in [0.4, 0.5) is 10.1 Å². The molecule has 0 saturated carbocycles. The van der Waals surface area contributed by atoms with Crippen LogP contribution in [0.2, 0.25) is 0 Å². The molecule has 0 bridgehead atoms. The standard InChI is InChI=1S/C12H18FN3S/c1-16(2)9-3-8-14-12(17)15-11-6-4-10(13)5-7-11/h4-7H,3,8-9H2,1-2H3,(H2,14,15,17). The Morgan fingerprint density at radius 3 is 2.53 bits per heavy atom. The van der Waals surface area contributed by atoms with E-state index < -0.39 is 0 Å². The molecule has 0 spiro atoms. The molecular weight excluding hydrogens is 237 g/mol. The second kappa shape index (κ2) is 7.19. The topological polar surface area (TPSA) is 27.3 Å². The highest BCUT2D eigenvalue weighted by atomic mass is 32.1. The average molecular weight is 255 g/mol. The molecule has 2 N–H and O–H groups in total. The van der Waals surface area contributed by atoms with E-state index >= 15 is 0 Å². The number of anilines is 1. The summed E-state index contributed by atoms with van der Waals surface area (Å²) >= 11 is 5.12. The van der Waals surface area contributed by atoms with E-state index in [1.54, 1.807) is 12.1 Å². The van der Waals surface area contributed by atoms with Crippen LogP contribution in [0.1, 0.15) is 6.42 Å². The van der Waals surface area contributed by atoms with E-state index in [0.29, 0.717) is 5.11 Å². The molecule has 1 aromatic carbocycles. The highest BCUT2D eigenvalue weighted by Gasteiger charge is 1.97. The number of rotatable bonds is 5. The smallest absolute Gasteiger partial charge is 0.170 e. The number of benzene rings is 1. The maximum Gasteiger partial charge on any atom is 0.170 e. The third-order valence-electron chi connectivity index (χ3n) is 2.17. The number of halogens is 1. The first-order chi connectivity index (χ1) is 8.08. The first-order valence-corrected chi connectivity index (χ1v) is 5.94. The summed E-state index contributed by atoms with van der Waals surface area (Å²) in [6, 6.07) is 6.11. The van der Waals surface area contributed by atoms with E-state index in [2.05, 4.69) is 15.5 Å². The van der Waals surface area contributed by atoms with Crippen molar-refractivity contribution in [2.24, 2.45) is 0 Å². The van der Waals surface area contributed by atoms with E-state index in [-0.39, 0.29) is 5.82 Å². The molecular formula is C12H18FN3S. The lowest BCUT2D eigenvalue weighted by atomic mass is 10.3. The van der Waals surface area contributed by atoms with Crippen molar-refractivity contribution >= 4 is 23.0 Å². The Labute approximate surface area is 107 Å². The second-order valence-electron chi connectivity index (χ2n) is 4.04. The molecule has 0 radical (unpaired) electrons. The number of hydrogen-bond acceptors (Lipinski definition) is 2. The van der Waals surface area contributed by atoms with Gasteiger partial charge in [0.05, 0.1) is 0 Å². The molecule has 0 aliphatic rings. The van der Waals surface area contributed by atoms with E-state index in [9.17, 15) is 4.39 Å². The minimum absolute atomic E-state index is 0.250. The van der Waals surface area contributed by atoms with E-state index in [1.165, 1.54) is 12.1 Å². The monoisotopic (exact) mass is 255 g/mol. The van der Waals surface area contributed by atoms with Gasteiger partial charge in [-0.2, -0.15) is 0 Å². The molecule has 0 amide bonds. The molecule has 0 unspecified atom stereocenters. The van der Waals surface area contributed by atoms with Crippen LogP contribution in [0.15, 0.2) is 24.3 Å². The Balaban J connectivity index is 2.23. The van der Waals surface area contributed by atoms with Crippen LogP contribution in [0.25, 0.3) is 0 Å². The first-order valence-electron chi connectivity index (χ1n) is 5.53. The maximum absolute atomic E-state index is 12.7. The van der Waals surface area contributed by atoms with E-state index in [4.69, 9.17) is 12.2 Å². The third-order valence-corrected chi connectivity index (χ3v) is 2.42. The summed E-state index contributed by atoms with van der Waals surface area (Å²) in [5, 5.41) is 6.66. The number of hydrogen-bond donors (Lipinski definition) is 2. The summed E-state index contributed by atoms with van der Waals surface area (Å²) in [7, 11) is 4.07. The van der Waals surface area contributed by atoms with Crippen molar-refractivity contribution < 1.29 is 4.39 Å². The normalized spacial score (nSPS) is 10.4. The SMILES string of the molecule is CN(C)CCCNC(=S)Nc1ccc(F)cc1. The maximum atomic E-state index is 12.7. The van der Waals surface area contributed by atoms with Crippen LogP contribution in [0, 0.1) is 5.82 Å². The van der Waals surface area contributed by atoms with Crippen molar-refractivity contribution in [1.82, 2.24) is 10.2 Å². The molecule has 0 atom stereocenters. The molecule has 1 rings (SSSR count). The summed E-state index contributed by atoms with van der Waals surface area (Å²) in [4.78, 5) is 2.12. The molecule has 0 heterocycles. The van der Waals surface area contributed by atoms with Gasteiger partial charge >= 0.3 is 0 Å². The number of thiocarbonyl (C=S) groups is 1. The predicted octanol–water partition coefficient (Wildman–Crippen LogP) is 2.06. The fourth-order valence-electron chi connectivity index (χ4n) is 1.31. The van der Waals surface area contributed by atoms with Crippen LogP contribution in [0.3, 0.4) is 0 Å². The van der Waals surface area contributed by atoms with Crippen LogP contribution < -0.4 is 10.6 Å². The van der Waals surface area contributed by atoms with Gasteiger partial charge in [0.2, 0.25) is 0 Å². The Morgan fingerprint density at radius 1 is 1.29 bits per heavy atom. The minimum atomic E-state index is -0.250. The zero-order chi connectivity index (χ0) is 12.7. The molecule has 0 aromatic heterocycles. The number of nitrogens with one attached hydrogen (secondary N) is 2. The highest BCUT2D eigenvalue weighted by molar-refractivity contribution is 7.80. The quantitative estimate of drug-likeness (QED) is 0.622. The van der Waals surface area contributed by atoms with Gasteiger partial charge in [-0.1, -0.05) is 0 Å². The molecule has 3 nitrogen and oxygen atoms in total. The zero-order valence-electron chi connectivity index (χ0n) is 10.2. The predicted molar refractivity (Wildman–Crippen MR) is 73.8 cm³/mol. The molecule has 0 aliphatic heterocycles. The summed E-state index contributed by atoms with van der Waals surface area (Å²) < 4.78 is 12.7. The van der Waals surface area contributed by atoms with Gasteiger partial charge in [-0.25, -0.2) is 4.39 Å². The fourth-order valence-corrected chi connectivity index (χ4v) is 1.53. The summed E-state index contributed by atoms with van der Waals surface area (Å²) in [5.74, 6) is -0.250. The van der Waals surface area contributed by atoms with Crippen LogP contribution >= 0.6 is 12.2 Å². The van der Waals surface area contributed by atoms with E-state index in [0.717, 1.165) is 25.2 Å². The lowest BCUT2D eigenvalue weighted by Crippen LogP contribution is -2.30. The van der Waals surface area contributed by atoms with Crippen molar-refractivity contribution in [3.8, 4) is 0 Å². The largest absolute Gasteiger partial charge is 0.362 e. The first kappa shape index (κ1) is 13.9. The molecule has 17 heavy (non-hydrogen) atoms. The second-order valence-corrected chi connectivity index (χ2v) is 4.45. The Morgan fingerprint density at radius 2 is 1.94 bits per heavy atom.